The lowest BCUT2D eigenvalue weighted by molar-refractivity contribution is -0.126. The molecule has 5 nitrogen and oxygen atoms in total. The molecule has 1 aromatic heterocycles. The first-order chi connectivity index (χ1) is 8.72. The molecule has 2 atom stereocenters. The molecule has 1 aliphatic heterocycles. The highest BCUT2D eigenvalue weighted by molar-refractivity contribution is 5.81. The van der Waals surface area contributed by atoms with Gasteiger partial charge in [-0.2, -0.15) is 0 Å². The van der Waals surface area contributed by atoms with Gasteiger partial charge in [-0.15, -0.1) is 0 Å². The number of carbonyl (C=O) groups is 1. The van der Waals surface area contributed by atoms with Crippen LogP contribution in [-0.4, -0.2) is 41.1 Å². The molecule has 1 fully saturated rings. The summed E-state index contributed by atoms with van der Waals surface area (Å²) < 4.78 is 5.16. The third kappa shape index (κ3) is 2.91. The number of amides is 1. The SMILES string of the molecule is CC(C(=O)NCc1ccco1)N1CCC[C@@H]1CO. The van der Waals surface area contributed by atoms with Gasteiger partial charge in [0.2, 0.25) is 5.91 Å². The van der Waals surface area contributed by atoms with E-state index < -0.39 is 0 Å². The van der Waals surface area contributed by atoms with Crippen molar-refractivity contribution in [1.82, 2.24) is 10.2 Å². The zero-order valence-corrected chi connectivity index (χ0v) is 10.6. The van der Waals surface area contributed by atoms with Crippen LogP contribution >= 0.6 is 0 Å². The van der Waals surface area contributed by atoms with E-state index in [0.29, 0.717) is 6.54 Å². The first-order valence-corrected chi connectivity index (χ1v) is 6.39. The molecule has 18 heavy (non-hydrogen) atoms. The molecule has 2 rings (SSSR count). The Morgan fingerprint density at radius 2 is 2.56 bits per heavy atom. The van der Waals surface area contributed by atoms with E-state index in [9.17, 15) is 9.90 Å². The Balaban J connectivity index is 1.84. The number of hydrogen-bond donors (Lipinski definition) is 2. The number of aliphatic hydroxyl groups excluding tert-OH is 1. The Kier molecular flexibility index (Phi) is 4.38. The number of furan rings is 1. The fraction of sp³-hybridized carbons (Fsp3) is 0.615. The van der Waals surface area contributed by atoms with E-state index in [2.05, 4.69) is 10.2 Å². The molecule has 0 spiro atoms. The second-order valence-corrected chi connectivity index (χ2v) is 4.69. The first kappa shape index (κ1) is 13.1. The molecule has 1 unspecified atom stereocenters. The summed E-state index contributed by atoms with van der Waals surface area (Å²) in [5, 5.41) is 12.1. The van der Waals surface area contributed by atoms with E-state index in [0.717, 1.165) is 25.1 Å². The van der Waals surface area contributed by atoms with Crippen LogP contribution in [0.15, 0.2) is 22.8 Å². The van der Waals surface area contributed by atoms with Gasteiger partial charge in [0.15, 0.2) is 0 Å². The molecule has 1 aromatic rings. The van der Waals surface area contributed by atoms with E-state index in [-0.39, 0.29) is 24.6 Å². The number of nitrogens with one attached hydrogen (secondary N) is 1. The van der Waals surface area contributed by atoms with E-state index in [1.807, 2.05) is 13.0 Å². The molecular weight excluding hydrogens is 232 g/mol. The topological polar surface area (TPSA) is 65.7 Å². The van der Waals surface area contributed by atoms with Gasteiger partial charge >= 0.3 is 0 Å². The number of likely N-dealkylation sites (tertiary alicyclic amines) is 1. The lowest BCUT2D eigenvalue weighted by Crippen LogP contribution is -2.48. The Morgan fingerprint density at radius 3 is 3.22 bits per heavy atom. The van der Waals surface area contributed by atoms with Gasteiger partial charge in [0, 0.05) is 6.04 Å². The van der Waals surface area contributed by atoms with Gasteiger partial charge in [0.1, 0.15) is 5.76 Å². The number of rotatable bonds is 5. The third-order valence-corrected chi connectivity index (χ3v) is 3.53. The van der Waals surface area contributed by atoms with Gasteiger partial charge in [-0.3, -0.25) is 9.69 Å². The van der Waals surface area contributed by atoms with Crippen molar-refractivity contribution in [1.29, 1.82) is 0 Å². The summed E-state index contributed by atoms with van der Waals surface area (Å²) in [6.07, 6.45) is 3.60. The van der Waals surface area contributed by atoms with Crippen LogP contribution in [0.25, 0.3) is 0 Å². The summed E-state index contributed by atoms with van der Waals surface area (Å²) in [7, 11) is 0. The predicted molar refractivity (Wildman–Crippen MR) is 66.8 cm³/mol. The molecule has 0 aromatic carbocycles. The van der Waals surface area contributed by atoms with Crippen LogP contribution in [0, 0.1) is 0 Å². The maximum Gasteiger partial charge on any atom is 0.237 e. The lowest BCUT2D eigenvalue weighted by atomic mass is 10.2. The molecule has 1 amide bonds. The Labute approximate surface area is 107 Å². The van der Waals surface area contributed by atoms with Gasteiger partial charge in [-0.05, 0) is 38.4 Å². The molecular formula is C13H20N2O3. The fourth-order valence-corrected chi connectivity index (χ4v) is 2.45. The van der Waals surface area contributed by atoms with Crippen LogP contribution in [0.2, 0.25) is 0 Å². The van der Waals surface area contributed by atoms with Crippen molar-refractivity contribution < 1.29 is 14.3 Å². The van der Waals surface area contributed by atoms with E-state index >= 15 is 0 Å². The van der Waals surface area contributed by atoms with Crippen molar-refractivity contribution in [2.75, 3.05) is 13.2 Å². The van der Waals surface area contributed by atoms with Gasteiger partial charge in [-0.1, -0.05) is 0 Å². The smallest absolute Gasteiger partial charge is 0.237 e. The molecule has 100 valence electrons. The Morgan fingerprint density at radius 1 is 1.72 bits per heavy atom. The average Bonchev–Trinajstić information content (AvgIpc) is 3.05. The minimum Gasteiger partial charge on any atom is -0.467 e. The van der Waals surface area contributed by atoms with E-state index in [1.165, 1.54) is 0 Å². The largest absolute Gasteiger partial charge is 0.467 e. The second kappa shape index (κ2) is 6.02. The van der Waals surface area contributed by atoms with Crippen LogP contribution in [0.5, 0.6) is 0 Å². The molecule has 1 saturated heterocycles. The second-order valence-electron chi connectivity index (χ2n) is 4.69. The Bertz CT molecular complexity index is 378. The van der Waals surface area contributed by atoms with Crippen LogP contribution in [0.3, 0.4) is 0 Å². The molecule has 2 heterocycles. The third-order valence-electron chi connectivity index (χ3n) is 3.53. The lowest BCUT2D eigenvalue weighted by Gasteiger charge is -2.28. The van der Waals surface area contributed by atoms with Gasteiger partial charge in [0.05, 0.1) is 25.5 Å². The molecule has 0 saturated carbocycles. The number of hydrogen-bond acceptors (Lipinski definition) is 4. The van der Waals surface area contributed by atoms with Gasteiger partial charge in [-0.25, -0.2) is 0 Å². The van der Waals surface area contributed by atoms with Crippen molar-refractivity contribution in [3.63, 3.8) is 0 Å². The quantitative estimate of drug-likeness (QED) is 0.811. The molecule has 0 bridgehead atoms. The highest BCUT2D eigenvalue weighted by Crippen LogP contribution is 2.19. The Hall–Kier alpha value is -1.33. The normalized spacial score (nSPS) is 22.0. The van der Waals surface area contributed by atoms with Gasteiger partial charge in [0.25, 0.3) is 0 Å². The molecule has 0 aliphatic carbocycles. The number of nitrogens with zero attached hydrogens (tertiary/aromatic N) is 1. The van der Waals surface area contributed by atoms with Crippen LogP contribution in [-0.2, 0) is 11.3 Å². The van der Waals surface area contributed by atoms with Crippen molar-refractivity contribution in [2.45, 2.75) is 38.4 Å². The van der Waals surface area contributed by atoms with Gasteiger partial charge < -0.3 is 14.8 Å². The number of carbonyl (C=O) groups excluding carboxylic acids is 1. The minimum absolute atomic E-state index is 0.0215. The summed E-state index contributed by atoms with van der Waals surface area (Å²) in [4.78, 5) is 14.1. The zero-order valence-electron chi connectivity index (χ0n) is 10.6. The van der Waals surface area contributed by atoms with Crippen molar-refractivity contribution in [2.24, 2.45) is 0 Å². The van der Waals surface area contributed by atoms with E-state index in [4.69, 9.17) is 4.42 Å². The van der Waals surface area contributed by atoms with Crippen molar-refractivity contribution in [3.8, 4) is 0 Å². The van der Waals surface area contributed by atoms with E-state index in [1.54, 1.807) is 12.3 Å². The number of aliphatic hydroxyl groups is 1. The maximum absolute atomic E-state index is 12.0. The maximum atomic E-state index is 12.0. The predicted octanol–water partition coefficient (Wildman–Crippen LogP) is 0.741. The van der Waals surface area contributed by atoms with Crippen molar-refractivity contribution >= 4 is 5.91 Å². The minimum atomic E-state index is -0.209. The molecule has 2 N–H and O–H groups in total. The summed E-state index contributed by atoms with van der Waals surface area (Å²) in [5.41, 5.74) is 0. The van der Waals surface area contributed by atoms with Crippen LogP contribution in [0.1, 0.15) is 25.5 Å². The summed E-state index contributed by atoms with van der Waals surface area (Å²) in [6.45, 7) is 3.29. The highest BCUT2D eigenvalue weighted by Gasteiger charge is 2.31. The zero-order chi connectivity index (χ0) is 13.0. The average molecular weight is 252 g/mol. The van der Waals surface area contributed by atoms with Crippen molar-refractivity contribution in [3.05, 3.63) is 24.2 Å². The summed E-state index contributed by atoms with van der Waals surface area (Å²) >= 11 is 0. The molecule has 0 radical (unpaired) electrons. The summed E-state index contributed by atoms with van der Waals surface area (Å²) in [6, 6.07) is 3.54. The monoisotopic (exact) mass is 252 g/mol. The summed E-state index contributed by atoms with van der Waals surface area (Å²) in [5.74, 6) is 0.724. The standard InChI is InChI=1S/C13H20N2O3/c1-10(15-6-2-4-11(15)9-16)13(17)14-8-12-5-3-7-18-12/h3,5,7,10-11,16H,2,4,6,8-9H2,1H3,(H,14,17)/t10?,11-/m1/s1. The van der Waals surface area contributed by atoms with Crippen LogP contribution < -0.4 is 5.32 Å². The highest BCUT2D eigenvalue weighted by atomic mass is 16.3. The van der Waals surface area contributed by atoms with Crippen LogP contribution in [0.4, 0.5) is 0 Å². The fourth-order valence-electron chi connectivity index (χ4n) is 2.45. The molecule has 5 heteroatoms. The first-order valence-electron chi connectivity index (χ1n) is 6.39. The molecule has 1 aliphatic rings.